The van der Waals surface area contributed by atoms with Gasteiger partial charge in [-0.2, -0.15) is 10.5 Å². The fourth-order valence-corrected chi connectivity index (χ4v) is 0.831. The van der Waals surface area contributed by atoms with Gasteiger partial charge in [0, 0.05) is 5.56 Å². The lowest BCUT2D eigenvalue weighted by Crippen LogP contribution is -1.84. The van der Waals surface area contributed by atoms with E-state index in [1.807, 2.05) is 12.1 Å². The Hall–Kier alpha value is -2.24. The number of nitrogens with zero attached hydrogens (tertiary/aromatic N) is 2. The third-order valence-electron chi connectivity index (χ3n) is 1.42. The Bertz CT molecular complexity index is 425. The molecule has 2 nitrogen and oxygen atoms in total. The van der Waals surface area contributed by atoms with Crippen LogP contribution in [0.25, 0.3) is 0 Å². The lowest BCUT2D eigenvalue weighted by molar-refractivity contribution is 1.44. The molecule has 0 N–H and O–H groups in total. The van der Waals surface area contributed by atoms with Crippen molar-refractivity contribution in [1.82, 2.24) is 0 Å². The van der Waals surface area contributed by atoms with Crippen molar-refractivity contribution < 1.29 is 0 Å². The van der Waals surface area contributed by atoms with Crippen LogP contribution in [0, 0.1) is 35.0 Å². The van der Waals surface area contributed by atoms with Gasteiger partial charge in [-0.05, 0) is 18.2 Å². The van der Waals surface area contributed by atoms with Gasteiger partial charge in [0.25, 0.3) is 0 Å². The number of hydrogen-bond donors (Lipinski definition) is 0. The molecule has 0 amide bonds. The van der Waals surface area contributed by atoms with Crippen LogP contribution >= 0.6 is 0 Å². The van der Waals surface area contributed by atoms with Crippen molar-refractivity contribution in [3.05, 3.63) is 34.9 Å². The van der Waals surface area contributed by atoms with Gasteiger partial charge in [-0.1, -0.05) is 5.92 Å². The van der Waals surface area contributed by atoms with Gasteiger partial charge in [-0.3, -0.25) is 0 Å². The maximum absolute atomic E-state index is 8.58. The van der Waals surface area contributed by atoms with Crippen LogP contribution in [0.1, 0.15) is 16.7 Å². The lowest BCUT2D eigenvalue weighted by atomic mass is 10.1. The number of benzene rings is 1. The summed E-state index contributed by atoms with van der Waals surface area (Å²) in [6.07, 6.45) is 5.14. The minimum atomic E-state index is 0.427. The summed E-state index contributed by atoms with van der Waals surface area (Å²) in [4.78, 5) is 0. The topological polar surface area (TPSA) is 47.6 Å². The van der Waals surface area contributed by atoms with E-state index in [9.17, 15) is 0 Å². The monoisotopic (exact) mass is 152 g/mol. The number of nitriles is 2. The first-order chi connectivity index (χ1) is 5.81. The fraction of sp³-hybridized carbons (Fsp3) is 0. The van der Waals surface area contributed by atoms with E-state index in [0.29, 0.717) is 16.7 Å². The molecule has 54 valence electrons. The normalized spacial score (nSPS) is 7.75. The molecule has 0 fully saturated rings. The molecule has 0 saturated carbocycles. The number of hydrogen-bond acceptors (Lipinski definition) is 2. The van der Waals surface area contributed by atoms with Gasteiger partial charge in [0.2, 0.25) is 0 Å². The molecule has 0 aliphatic carbocycles. The highest BCUT2D eigenvalue weighted by Gasteiger charge is 1.99. The van der Waals surface area contributed by atoms with E-state index in [0.717, 1.165) is 0 Å². The molecule has 1 aromatic rings. The van der Waals surface area contributed by atoms with Gasteiger partial charge >= 0.3 is 0 Å². The molecule has 0 aliphatic rings. The molecule has 0 aromatic heterocycles. The maximum atomic E-state index is 8.58. The number of terminal acetylenes is 1. The average Bonchev–Trinajstić information content (AvgIpc) is 2.16. The molecule has 0 unspecified atom stereocenters. The molecule has 0 spiro atoms. The van der Waals surface area contributed by atoms with Crippen LogP contribution in [-0.4, -0.2) is 0 Å². The predicted octanol–water partition coefficient (Wildman–Crippen LogP) is 1.41. The Morgan fingerprint density at radius 3 is 2.33 bits per heavy atom. The highest BCUT2D eigenvalue weighted by Crippen LogP contribution is 2.08. The fourth-order valence-electron chi connectivity index (χ4n) is 0.831. The van der Waals surface area contributed by atoms with Crippen molar-refractivity contribution in [2.24, 2.45) is 0 Å². The summed E-state index contributed by atoms with van der Waals surface area (Å²) in [5.41, 5.74) is 1.37. The van der Waals surface area contributed by atoms with Crippen LogP contribution in [0.3, 0.4) is 0 Å². The zero-order valence-corrected chi connectivity index (χ0v) is 6.20. The van der Waals surface area contributed by atoms with Gasteiger partial charge in [0.05, 0.1) is 17.2 Å². The Balaban J connectivity index is 3.37. The van der Waals surface area contributed by atoms with Crippen molar-refractivity contribution in [3.8, 4) is 24.5 Å². The lowest BCUT2D eigenvalue weighted by Gasteiger charge is -1.94. The van der Waals surface area contributed by atoms with Crippen molar-refractivity contribution in [2.75, 3.05) is 0 Å². The van der Waals surface area contributed by atoms with Crippen LogP contribution in [0.15, 0.2) is 18.2 Å². The van der Waals surface area contributed by atoms with E-state index in [2.05, 4.69) is 5.92 Å². The minimum Gasteiger partial charge on any atom is -0.192 e. The standard InChI is InChI=1S/C10H4N2/c1-2-9-5-8(6-11)3-4-10(9)7-12/h1,3-5H. The molecule has 0 bridgehead atoms. The molecule has 0 heterocycles. The average molecular weight is 152 g/mol. The minimum absolute atomic E-state index is 0.427. The molecule has 0 radical (unpaired) electrons. The number of rotatable bonds is 0. The summed E-state index contributed by atoms with van der Waals surface area (Å²) in [5, 5.41) is 17.1. The van der Waals surface area contributed by atoms with Gasteiger partial charge in [0.15, 0.2) is 0 Å². The van der Waals surface area contributed by atoms with Crippen LogP contribution < -0.4 is 0 Å². The van der Waals surface area contributed by atoms with Crippen molar-refractivity contribution in [1.29, 1.82) is 10.5 Å². The third-order valence-corrected chi connectivity index (χ3v) is 1.42. The summed E-state index contributed by atoms with van der Waals surface area (Å²) in [7, 11) is 0. The van der Waals surface area contributed by atoms with E-state index in [-0.39, 0.29) is 0 Å². The van der Waals surface area contributed by atoms with E-state index in [1.165, 1.54) is 6.07 Å². The predicted molar refractivity (Wildman–Crippen MR) is 43.8 cm³/mol. The Morgan fingerprint density at radius 1 is 1.08 bits per heavy atom. The van der Waals surface area contributed by atoms with Crippen molar-refractivity contribution in [2.45, 2.75) is 0 Å². The molecule has 0 atom stereocenters. The summed E-state index contributed by atoms with van der Waals surface area (Å²) in [6, 6.07) is 8.54. The van der Waals surface area contributed by atoms with Gasteiger partial charge < -0.3 is 0 Å². The molecule has 0 aliphatic heterocycles. The van der Waals surface area contributed by atoms with Gasteiger partial charge in [-0.15, -0.1) is 6.42 Å². The second kappa shape index (κ2) is 3.24. The molecule has 1 aromatic carbocycles. The zero-order valence-electron chi connectivity index (χ0n) is 6.20. The van der Waals surface area contributed by atoms with E-state index in [4.69, 9.17) is 16.9 Å². The first-order valence-electron chi connectivity index (χ1n) is 3.22. The third kappa shape index (κ3) is 1.26. The van der Waals surface area contributed by atoms with Crippen LogP contribution in [0.4, 0.5) is 0 Å². The highest BCUT2D eigenvalue weighted by atomic mass is 14.3. The Kier molecular flexibility index (Phi) is 2.12. The molecular weight excluding hydrogens is 148 g/mol. The quantitative estimate of drug-likeness (QED) is 0.527. The highest BCUT2D eigenvalue weighted by molar-refractivity contribution is 5.51. The smallest absolute Gasteiger partial charge is 0.100 e. The van der Waals surface area contributed by atoms with Crippen molar-refractivity contribution in [3.63, 3.8) is 0 Å². The molecule has 0 saturated heterocycles. The zero-order chi connectivity index (χ0) is 8.97. The summed E-state index contributed by atoms with van der Waals surface area (Å²) in [5.74, 6) is 2.35. The van der Waals surface area contributed by atoms with Gasteiger partial charge in [0.1, 0.15) is 6.07 Å². The first-order valence-corrected chi connectivity index (χ1v) is 3.22. The van der Waals surface area contributed by atoms with Crippen LogP contribution in [-0.2, 0) is 0 Å². The van der Waals surface area contributed by atoms with Crippen LogP contribution in [0.5, 0.6) is 0 Å². The molecular formula is C10H4N2. The van der Waals surface area contributed by atoms with E-state index < -0.39 is 0 Å². The summed E-state index contributed by atoms with van der Waals surface area (Å²) >= 11 is 0. The van der Waals surface area contributed by atoms with Crippen LogP contribution in [0.2, 0.25) is 0 Å². The molecule has 12 heavy (non-hydrogen) atoms. The van der Waals surface area contributed by atoms with Crippen molar-refractivity contribution >= 4 is 0 Å². The molecule has 2 heteroatoms. The molecule has 1 rings (SSSR count). The second-order valence-electron chi connectivity index (χ2n) is 2.13. The first kappa shape index (κ1) is 7.86. The second-order valence-corrected chi connectivity index (χ2v) is 2.13. The largest absolute Gasteiger partial charge is 0.192 e. The Labute approximate surface area is 70.7 Å². The Morgan fingerprint density at radius 2 is 1.83 bits per heavy atom. The van der Waals surface area contributed by atoms with E-state index >= 15 is 0 Å². The summed E-state index contributed by atoms with van der Waals surface area (Å²) < 4.78 is 0. The van der Waals surface area contributed by atoms with E-state index in [1.54, 1.807) is 12.1 Å². The summed E-state index contributed by atoms with van der Waals surface area (Å²) in [6.45, 7) is 0. The van der Waals surface area contributed by atoms with Gasteiger partial charge in [-0.25, -0.2) is 0 Å². The SMILES string of the molecule is C#Cc1cc(C#N)ccc1C#N. The maximum Gasteiger partial charge on any atom is 0.100 e.